The van der Waals surface area contributed by atoms with Crippen molar-refractivity contribution in [3.63, 3.8) is 0 Å². The van der Waals surface area contributed by atoms with E-state index >= 15 is 0 Å². The molecule has 50 heavy (non-hydrogen) atoms. The molecule has 8 rings (SSSR count). The molecular formula is C40H41N7O3. The third-order valence-corrected chi connectivity index (χ3v) is 10.4. The van der Waals surface area contributed by atoms with Crippen molar-refractivity contribution in [2.45, 2.75) is 45.9 Å². The number of carbonyl (C=O) groups is 1. The number of hydrogen-bond donors (Lipinski definition) is 4. The molecule has 2 aromatic carbocycles. The average Bonchev–Trinajstić information content (AvgIpc) is 3.86. The standard InChI is InChI=1S/C40H41N7O3/c1-24-31(5-3-7-33(24)36-18-37-35(44-36)10-9-29(43-37)22-47-15-12-28(21-47)40(49)50)32-6-4-8-34(25(32)2)45-39-38-27(11-14-41-39)17-26(19-42-38)20-46-16-13-30(48)23-46/h3-11,14,17-19,28,30,44,48H,12-13,15-16,20-23H2,1-2H3,(H,41,45)(H,49,50)/t28-,30-/m1/s1. The molecular weight excluding hydrogens is 626 g/mol. The summed E-state index contributed by atoms with van der Waals surface area (Å²) in [4.78, 5) is 33.8. The number of aromatic amines is 1. The number of carboxylic acid groups (broad SMARTS) is 1. The van der Waals surface area contributed by atoms with E-state index in [1.165, 1.54) is 5.56 Å². The van der Waals surface area contributed by atoms with Crippen LogP contribution in [0.4, 0.5) is 11.5 Å². The van der Waals surface area contributed by atoms with E-state index in [9.17, 15) is 15.0 Å². The van der Waals surface area contributed by atoms with Crippen molar-refractivity contribution in [1.29, 1.82) is 0 Å². The lowest BCUT2D eigenvalue weighted by Crippen LogP contribution is -2.23. The molecule has 6 aromatic rings. The number of aliphatic hydroxyl groups is 1. The molecule has 10 nitrogen and oxygen atoms in total. The number of hydrogen-bond acceptors (Lipinski definition) is 8. The molecule has 0 spiro atoms. The van der Waals surface area contributed by atoms with E-state index in [0.717, 1.165) is 92.9 Å². The molecule has 4 aromatic heterocycles. The van der Waals surface area contributed by atoms with Crippen LogP contribution in [0.5, 0.6) is 0 Å². The molecule has 2 aliphatic rings. The molecule has 10 heteroatoms. The first kappa shape index (κ1) is 32.1. The van der Waals surface area contributed by atoms with Gasteiger partial charge < -0.3 is 20.5 Å². The number of pyridine rings is 3. The summed E-state index contributed by atoms with van der Waals surface area (Å²) in [5.74, 6) is -0.296. The van der Waals surface area contributed by atoms with Gasteiger partial charge >= 0.3 is 5.97 Å². The topological polar surface area (TPSA) is 130 Å². The number of likely N-dealkylation sites (tertiary alicyclic amines) is 2. The lowest BCUT2D eigenvalue weighted by molar-refractivity contribution is -0.141. The minimum Gasteiger partial charge on any atom is -0.481 e. The van der Waals surface area contributed by atoms with E-state index in [-0.39, 0.29) is 12.0 Å². The number of aliphatic hydroxyl groups excluding tert-OH is 1. The van der Waals surface area contributed by atoms with Crippen molar-refractivity contribution in [2.24, 2.45) is 5.92 Å². The maximum atomic E-state index is 11.4. The Morgan fingerprint density at radius 3 is 2.48 bits per heavy atom. The Kier molecular flexibility index (Phi) is 8.52. The molecule has 0 saturated carbocycles. The SMILES string of the molecule is Cc1c(Nc2nccc3cc(CN4CC[C@@H](O)C4)cnc23)cccc1-c1cccc(-c2cc3nc(CN4CC[C@@H](C(=O)O)C4)ccc3[nH]2)c1C. The normalized spacial score (nSPS) is 18.4. The van der Waals surface area contributed by atoms with Crippen LogP contribution in [0.25, 0.3) is 44.3 Å². The molecule has 0 unspecified atom stereocenters. The first-order valence-corrected chi connectivity index (χ1v) is 17.3. The third kappa shape index (κ3) is 6.33. The Morgan fingerprint density at radius 1 is 0.900 bits per heavy atom. The van der Waals surface area contributed by atoms with Crippen LogP contribution < -0.4 is 5.32 Å². The van der Waals surface area contributed by atoms with Gasteiger partial charge in [0.15, 0.2) is 5.82 Å². The summed E-state index contributed by atoms with van der Waals surface area (Å²) >= 11 is 0. The average molecular weight is 668 g/mol. The lowest BCUT2D eigenvalue weighted by atomic mass is 9.92. The van der Waals surface area contributed by atoms with E-state index in [4.69, 9.17) is 9.97 Å². The number of rotatable bonds is 9. The fourth-order valence-electron chi connectivity index (χ4n) is 7.60. The number of aliphatic carboxylic acids is 1. The number of anilines is 2. The lowest BCUT2D eigenvalue weighted by Gasteiger charge is -2.17. The van der Waals surface area contributed by atoms with Crippen molar-refractivity contribution < 1.29 is 15.0 Å². The minimum atomic E-state index is -0.716. The molecule has 0 aliphatic carbocycles. The summed E-state index contributed by atoms with van der Waals surface area (Å²) in [7, 11) is 0. The van der Waals surface area contributed by atoms with Crippen molar-refractivity contribution in [3.8, 4) is 22.4 Å². The fraction of sp³-hybridized carbons (Fsp3) is 0.300. The first-order valence-electron chi connectivity index (χ1n) is 17.3. The first-order chi connectivity index (χ1) is 24.3. The van der Waals surface area contributed by atoms with Crippen molar-refractivity contribution in [1.82, 2.24) is 29.7 Å². The highest BCUT2D eigenvalue weighted by molar-refractivity contribution is 5.91. The van der Waals surface area contributed by atoms with Crippen LogP contribution in [-0.4, -0.2) is 78.2 Å². The van der Waals surface area contributed by atoms with E-state index in [1.807, 2.05) is 24.5 Å². The maximum absolute atomic E-state index is 11.4. The zero-order valence-electron chi connectivity index (χ0n) is 28.4. The zero-order chi connectivity index (χ0) is 34.4. The number of carboxylic acids is 1. The zero-order valence-corrected chi connectivity index (χ0v) is 28.4. The molecule has 4 N–H and O–H groups in total. The van der Waals surface area contributed by atoms with Crippen molar-refractivity contribution in [2.75, 3.05) is 31.5 Å². The van der Waals surface area contributed by atoms with Crippen LogP contribution in [0.1, 0.15) is 35.2 Å². The maximum Gasteiger partial charge on any atom is 0.307 e. The number of nitrogens with zero attached hydrogens (tertiary/aromatic N) is 5. The fourth-order valence-corrected chi connectivity index (χ4v) is 7.60. The Morgan fingerprint density at radius 2 is 1.68 bits per heavy atom. The predicted octanol–water partition coefficient (Wildman–Crippen LogP) is 6.67. The minimum absolute atomic E-state index is 0.239. The largest absolute Gasteiger partial charge is 0.481 e. The predicted molar refractivity (Wildman–Crippen MR) is 196 cm³/mol. The Hall–Kier alpha value is -5.16. The number of aromatic nitrogens is 4. The van der Waals surface area contributed by atoms with Gasteiger partial charge in [0.25, 0.3) is 0 Å². The van der Waals surface area contributed by atoms with E-state index in [2.05, 4.69) is 93.5 Å². The van der Waals surface area contributed by atoms with Crippen LogP contribution in [0.2, 0.25) is 0 Å². The van der Waals surface area contributed by atoms with E-state index in [1.54, 1.807) is 0 Å². The number of β-amino-alcohol motifs (C(OH)–C–C–N with tert-alkyl or cyclic N) is 1. The molecule has 0 bridgehead atoms. The van der Waals surface area contributed by atoms with Gasteiger partial charge in [-0.2, -0.15) is 0 Å². The van der Waals surface area contributed by atoms with E-state index in [0.29, 0.717) is 31.9 Å². The van der Waals surface area contributed by atoms with Gasteiger partial charge in [0.2, 0.25) is 0 Å². The summed E-state index contributed by atoms with van der Waals surface area (Å²) in [6, 6.07) is 23.1. The quantitative estimate of drug-likeness (QED) is 0.134. The van der Waals surface area contributed by atoms with E-state index < -0.39 is 5.97 Å². The molecule has 2 atom stereocenters. The van der Waals surface area contributed by atoms with Crippen LogP contribution >= 0.6 is 0 Å². The molecule has 0 amide bonds. The molecule has 6 heterocycles. The second-order valence-electron chi connectivity index (χ2n) is 13.8. The monoisotopic (exact) mass is 667 g/mol. The highest BCUT2D eigenvalue weighted by atomic mass is 16.4. The Labute approximate surface area is 290 Å². The van der Waals surface area contributed by atoms with Gasteiger partial charge in [-0.05, 0) is 97.4 Å². The van der Waals surface area contributed by atoms with Gasteiger partial charge in [-0.15, -0.1) is 0 Å². The summed E-state index contributed by atoms with van der Waals surface area (Å²) in [5, 5.41) is 23.9. The highest BCUT2D eigenvalue weighted by Gasteiger charge is 2.28. The smallest absolute Gasteiger partial charge is 0.307 e. The summed E-state index contributed by atoms with van der Waals surface area (Å²) in [6.07, 6.45) is 5.01. The van der Waals surface area contributed by atoms with Gasteiger partial charge in [-0.3, -0.25) is 19.6 Å². The third-order valence-electron chi connectivity index (χ3n) is 10.4. The van der Waals surface area contributed by atoms with Gasteiger partial charge in [-0.1, -0.05) is 30.3 Å². The number of nitrogens with one attached hydrogen (secondary N) is 2. The Bertz CT molecular complexity index is 2230. The summed E-state index contributed by atoms with van der Waals surface area (Å²) in [5.41, 5.74) is 12.4. The van der Waals surface area contributed by atoms with Gasteiger partial charge in [0, 0.05) is 67.4 Å². The van der Waals surface area contributed by atoms with Gasteiger partial charge in [0.1, 0.15) is 5.52 Å². The van der Waals surface area contributed by atoms with Crippen molar-refractivity contribution in [3.05, 3.63) is 102 Å². The van der Waals surface area contributed by atoms with Crippen LogP contribution in [-0.2, 0) is 17.9 Å². The number of benzene rings is 2. The van der Waals surface area contributed by atoms with Crippen molar-refractivity contribution >= 4 is 39.4 Å². The second kappa shape index (κ2) is 13.3. The molecule has 0 radical (unpaired) electrons. The second-order valence-corrected chi connectivity index (χ2v) is 13.8. The molecule has 2 aliphatic heterocycles. The number of H-pyrrole nitrogens is 1. The van der Waals surface area contributed by atoms with Crippen LogP contribution in [0.3, 0.4) is 0 Å². The molecule has 254 valence electrons. The molecule has 2 fully saturated rings. The summed E-state index contributed by atoms with van der Waals surface area (Å²) < 4.78 is 0. The summed E-state index contributed by atoms with van der Waals surface area (Å²) in [6.45, 7) is 8.67. The molecule has 2 saturated heterocycles. The van der Waals surface area contributed by atoms with Gasteiger partial charge in [-0.25, -0.2) is 9.97 Å². The Balaban J connectivity index is 1.04. The highest BCUT2D eigenvalue weighted by Crippen LogP contribution is 2.37. The van der Waals surface area contributed by atoms with Crippen LogP contribution in [0.15, 0.2) is 79.1 Å². The van der Waals surface area contributed by atoms with Gasteiger partial charge in [0.05, 0.1) is 28.7 Å². The van der Waals surface area contributed by atoms with Crippen LogP contribution in [0, 0.1) is 19.8 Å². The number of fused-ring (bicyclic) bond motifs is 2.